The molecule has 7 rings (SSSR count). The Morgan fingerprint density at radius 3 is 2.46 bits per heavy atom. The molecule has 5 aromatic rings. The van der Waals surface area contributed by atoms with Crippen LogP contribution in [0.4, 0.5) is 5.69 Å². The van der Waals surface area contributed by atoms with Crippen LogP contribution in [-0.2, 0) is 17.8 Å². The van der Waals surface area contributed by atoms with Crippen molar-refractivity contribution in [1.82, 2.24) is 9.47 Å². The molecule has 2 amide bonds. The molecule has 1 N–H and O–H groups in total. The molecule has 182 valence electrons. The van der Waals surface area contributed by atoms with Gasteiger partial charge in [-0.05, 0) is 60.4 Å². The van der Waals surface area contributed by atoms with Crippen molar-refractivity contribution in [3.05, 3.63) is 113 Å². The SMILES string of the molecule is CCn1c2ccccc2c2cc(NC(=O)[C@@H]3c4ccccc4C(=O)N4CCc5ccccc5[C@@H]34)ccc21. The molecule has 0 radical (unpaired) electrons. The molecule has 2 atom stereocenters. The van der Waals surface area contributed by atoms with Crippen molar-refractivity contribution in [2.45, 2.75) is 31.8 Å². The summed E-state index contributed by atoms with van der Waals surface area (Å²) < 4.78 is 2.30. The maximum absolute atomic E-state index is 14.1. The highest BCUT2D eigenvalue weighted by Crippen LogP contribution is 2.46. The molecule has 0 saturated heterocycles. The van der Waals surface area contributed by atoms with Gasteiger partial charge in [0.2, 0.25) is 5.91 Å². The Bertz CT molecular complexity index is 1720. The standard InChI is InChI=1S/C32H27N3O2/c1-2-34-27-14-8-7-11-23(27)26-19-21(15-16-28(26)34)33-31(36)29-24-12-5-6-13-25(24)32(37)35-18-17-20-9-3-4-10-22(20)30(29)35/h3-16,19,29-30H,2,17-18H2,1H3,(H,33,36)/t29-,30+/m1/s1. The lowest BCUT2D eigenvalue weighted by Gasteiger charge is -2.45. The first kappa shape index (κ1) is 21.9. The molecular weight excluding hydrogens is 458 g/mol. The van der Waals surface area contributed by atoms with Crippen LogP contribution in [-0.4, -0.2) is 27.8 Å². The van der Waals surface area contributed by atoms with Gasteiger partial charge in [-0.25, -0.2) is 0 Å². The van der Waals surface area contributed by atoms with E-state index in [1.807, 2.05) is 47.4 Å². The first-order chi connectivity index (χ1) is 18.2. The number of aromatic nitrogens is 1. The number of carbonyl (C=O) groups excluding carboxylic acids is 2. The molecule has 0 bridgehead atoms. The molecule has 0 fully saturated rings. The van der Waals surface area contributed by atoms with E-state index >= 15 is 0 Å². The molecule has 37 heavy (non-hydrogen) atoms. The molecule has 2 aliphatic rings. The number of nitrogens with one attached hydrogen (secondary N) is 1. The minimum absolute atomic E-state index is 0.00736. The summed E-state index contributed by atoms with van der Waals surface area (Å²) in [6.45, 7) is 3.64. The highest BCUT2D eigenvalue weighted by molar-refractivity contribution is 6.10. The van der Waals surface area contributed by atoms with Crippen molar-refractivity contribution in [3.63, 3.8) is 0 Å². The lowest BCUT2D eigenvalue weighted by molar-refractivity contribution is -0.119. The lowest BCUT2D eigenvalue weighted by atomic mass is 9.76. The monoisotopic (exact) mass is 485 g/mol. The number of nitrogens with zero attached hydrogens (tertiary/aromatic N) is 2. The molecule has 3 heterocycles. The number of rotatable bonds is 3. The molecule has 0 spiro atoms. The average Bonchev–Trinajstić information content (AvgIpc) is 3.26. The third-order valence-electron chi connectivity index (χ3n) is 8.07. The zero-order valence-electron chi connectivity index (χ0n) is 20.6. The van der Waals surface area contributed by atoms with E-state index < -0.39 is 5.92 Å². The molecule has 0 aliphatic carbocycles. The molecule has 0 unspecified atom stereocenters. The first-order valence-corrected chi connectivity index (χ1v) is 12.9. The molecular formula is C32H27N3O2. The summed E-state index contributed by atoms with van der Waals surface area (Å²) in [6.07, 6.45) is 0.799. The van der Waals surface area contributed by atoms with Crippen molar-refractivity contribution in [3.8, 4) is 0 Å². The van der Waals surface area contributed by atoms with Gasteiger partial charge in [0.1, 0.15) is 0 Å². The number of carbonyl (C=O) groups is 2. The Morgan fingerprint density at radius 1 is 0.865 bits per heavy atom. The van der Waals surface area contributed by atoms with E-state index in [0.717, 1.165) is 40.7 Å². The highest BCUT2D eigenvalue weighted by atomic mass is 16.2. The van der Waals surface area contributed by atoms with Crippen LogP contribution in [0.5, 0.6) is 0 Å². The van der Waals surface area contributed by atoms with E-state index in [1.54, 1.807) is 0 Å². The van der Waals surface area contributed by atoms with Crippen molar-refractivity contribution >= 4 is 39.3 Å². The number of aryl methyl sites for hydroxylation is 1. The van der Waals surface area contributed by atoms with E-state index in [-0.39, 0.29) is 17.9 Å². The predicted octanol–water partition coefficient (Wildman–Crippen LogP) is 6.29. The Labute approximate surface area is 215 Å². The van der Waals surface area contributed by atoms with Crippen molar-refractivity contribution in [2.75, 3.05) is 11.9 Å². The van der Waals surface area contributed by atoms with Crippen LogP contribution in [0, 0.1) is 0 Å². The maximum Gasteiger partial charge on any atom is 0.254 e. The molecule has 4 aromatic carbocycles. The van der Waals surface area contributed by atoms with E-state index in [4.69, 9.17) is 0 Å². The van der Waals surface area contributed by atoms with Crippen LogP contribution in [0.15, 0.2) is 91.0 Å². The first-order valence-electron chi connectivity index (χ1n) is 12.9. The normalized spacial score (nSPS) is 18.4. The van der Waals surface area contributed by atoms with Gasteiger partial charge in [-0.2, -0.15) is 0 Å². The molecule has 5 heteroatoms. The highest BCUT2D eigenvalue weighted by Gasteiger charge is 2.46. The van der Waals surface area contributed by atoms with Gasteiger partial charge in [-0.1, -0.05) is 60.7 Å². The number of para-hydroxylation sites is 1. The molecule has 1 aromatic heterocycles. The van der Waals surface area contributed by atoms with Crippen molar-refractivity contribution in [1.29, 1.82) is 0 Å². The summed E-state index contributed by atoms with van der Waals surface area (Å²) in [6, 6.07) is 30.0. The summed E-state index contributed by atoms with van der Waals surface area (Å²) >= 11 is 0. The van der Waals surface area contributed by atoms with Crippen LogP contribution in [0.3, 0.4) is 0 Å². The second-order valence-corrected chi connectivity index (χ2v) is 9.94. The Hall–Kier alpha value is -4.38. The van der Waals surface area contributed by atoms with Crippen molar-refractivity contribution in [2.24, 2.45) is 0 Å². The van der Waals surface area contributed by atoms with Gasteiger partial charge in [0.05, 0.1) is 12.0 Å². The minimum Gasteiger partial charge on any atom is -0.341 e. The summed E-state index contributed by atoms with van der Waals surface area (Å²) in [7, 11) is 0. The predicted molar refractivity (Wildman–Crippen MR) is 147 cm³/mol. The Kier molecular flexibility index (Phi) is 4.93. The zero-order chi connectivity index (χ0) is 25.1. The number of benzene rings is 4. The quantitative estimate of drug-likeness (QED) is 0.327. The van der Waals surface area contributed by atoms with E-state index in [2.05, 4.69) is 65.3 Å². The Morgan fingerprint density at radius 2 is 1.59 bits per heavy atom. The minimum atomic E-state index is -0.497. The van der Waals surface area contributed by atoms with Gasteiger partial charge < -0.3 is 14.8 Å². The second kappa shape index (κ2) is 8.34. The fraction of sp³-hybridized carbons (Fsp3) is 0.188. The van der Waals surface area contributed by atoms with Crippen LogP contribution >= 0.6 is 0 Å². The topological polar surface area (TPSA) is 54.3 Å². The number of amides is 2. The summed E-state index contributed by atoms with van der Waals surface area (Å²) in [5.74, 6) is -0.582. The lowest BCUT2D eigenvalue weighted by Crippen LogP contribution is -2.49. The van der Waals surface area contributed by atoms with Crippen molar-refractivity contribution < 1.29 is 9.59 Å². The summed E-state index contributed by atoms with van der Waals surface area (Å²) in [4.78, 5) is 29.5. The number of hydrogen-bond acceptors (Lipinski definition) is 2. The third kappa shape index (κ3) is 3.23. The van der Waals surface area contributed by atoms with E-state index in [0.29, 0.717) is 12.1 Å². The maximum atomic E-state index is 14.1. The molecule has 2 aliphatic heterocycles. The Balaban J connectivity index is 1.33. The fourth-order valence-electron chi connectivity index (χ4n) is 6.45. The number of anilines is 1. The third-order valence-corrected chi connectivity index (χ3v) is 8.07. The van der Waals surface area contributed by atoms with E-state index in [1.165, 1.54) is 16.5 Å². The summed E-state index contributed by atoms with van der Waals surface area (Å²) in [5, 5.41) is 5.53. The largest absolute Gasteiger partial charge is 0.341 e. The van der Waals surface area contributed by atoms with Gasteiger partial charge in [0.25, 0.3) is 5.91 Å². The van der Waals surface area contributed by atoms with Crippen LogP contribution in [0.2, 0.25) is 0 Å². The second-order valence-electron chi connectivity index (χ2n) is 9.94. The van der Waals surface area contributed by atoms with Crippen LogP contribution in [0.1, 0.15) is 45.9 Å². The van der Waals surface area contributed by atoms with Gasteiger partial charge in [-0.3, -0.25) is 9.59 Å². The van der Waals surface area contributed by atoms with Crippen LogP contribution in [0.25, 0.3) is 21.8 Å². The van der Waals surface area contributed by atoms with Gasteiger partial charge >= 0.3 is 0 Å². The van der Waals surface area contributed by atoms with Gasteiger partial charge in [-0.15, -0.1) is 0 Å². The number of fused-ring (bicyclic) bond motifs is 7. The van der Waals surface area contributed by atoms with Gasteiger partial charge in [0, 0.05) is 46.1 Å². The van der Waals surface area contributed by atoms with Crippen LogP contribution < -0.4 is 5.32 Å². The summed E-state index contributed by atoms with van der Waals surface area (Å²) in [5.41, 5.74) is 6.81. The number of hydrogen-bond donors (Lipinski definition) is 1. The van der Waals surface area contributed by atoms with Gasteiger partial charge in [0.15, 0.2) is 0 Å². The molecule has 0 saturated carbocycles. The fourth-order valence-corrected chi connectivity index (χ4v) is 6.45. The zero-order valence-corrected chi connectivity index (χ0v) is 20.6. The van der Waals surface area contributed by atoms with E-state index in [9.17, 15) is 9.59 Å². The smallest absolute Gasteiger partial charge is 0.254 e. The average molecular weight is 486 g/mol. The molecule has 5 nitrogen and oxygen atoms in total.